The second-order valence-corrected chi connectivity index (χ2v) is 7.24. The van der Waals surface area contributed by atoms with Crippen LogP contribution in [0.1, 0.15) is 44.1 Å². The van der Waals surface area contributed by atoms with Crippen molar-refractivity contribution in [2.24, 2.45) is 5.92 Å². The molecule has 0 spiro atoms. The Kier molecular flexibility index (Phi) is 5.37. The molecule has 4 heteroatoms. The highest BCUT2D eigenvalue weighted by Gasteiger charge is 2.46. The van der Waals surface area contributed by atoms with E-state index in [1.165, 1.54) is 0 Å². The standard InChI is InChI=1S/C19H29NO3/c21-17-11-6-12-20(13-17)14-18(22)19(23,16-9-4-5-10-16)15-7-2-1-3-8-15/h1-3,7-8,16-18,21-23H,4-6,9-14H2. The number of β-amino-alcohol motifs (C(OH)–C–C–N with tert-alkyl or cyclic N) is 2. The van der Waals surface area contributed by atoms with Gasteiger partial charge in [-0.1, -0.05) is 43.2 Å². The summed E-state index contributed by atoms with van der Waals surface area (Å²) in [6, 6.07) is 9.63. The van der Waals surface area contributed by atoms with Crippen LogP contribution >= 0.6 is 0 Å². The Morgan fingerprint density at radius 3 is 2.43 bits per heavy atom. The van der Waals surface area contributed by atoms with Crippen molar-refractivity contribution in [3.8, 4) is 0 Å². The summed E-state index contributed by atoms with van der Waals surface area (Å²) < 4.78 is 0. The van der Waals surface area contributed by atoms with Gasteiger partial charge < -0.3 is 15.3 Å². The third kappa shape index (κ3) is 3.61. The molecule has 1 aliphatic heterocycles. The van der Waals surface area contributed by atoms with Crippen LogP contribution in [0.4, 0.5) is 0 Å². The zero-order valence-corrected chi connectivity index (χ0v) is 13.8. The molecule has 1 saturated carbocycles. The minimum absolute atomic E-state index is 0.106. The maximum Gasteiger partial charge on any atom is 0.119 e. The summed E-state index contributed by atoms with van der Waals surface area (Å²) in [5, 5.41) is 32.3. The molecule has 3 unspecified atom stereocenters. The van der Waals surface area contributed by atoms with E-state index in [9.17, 15) is 15.3 Å². The lowest BCUT2D eigenvalue weighted by atomic mass is 9.76. The van der Waals surface area contributed by atoms with Gasteiger partial charge in [-0.05, 0) is 43.7 Å². The maximum absolute atomic E-state index is 11.5. The molecule has 4 nitrogen and oxygen atoms in total. The number of aliphatic hydroxyl groups is 3. The van der Waals surface area contributed by atoms with E-state index in [0.29, 0.717) is 13.1 Å². The predicted octanol–water partition coefficient (Wildman–Crippen LogP) is 1.88. The molecule has 1 aliphatic carbocycles. The zero-order chi connectivity index (χ0) is 16.3. The number of nitrogens with zero attached hydrogens (tertiary/aromatic N) is 1. The lowest BCUT2D eigenvalue weighted by molar-refractivity contribution is -0.131. The molecule has 0 bridgehead atoms. The fraction of sp³-hybridized carbons (Fsp3) is 0.684. The summed E-state index contributed by atoms with van der Waals surface area (Å²) in [6.45, 7) is 1.88. The highest BCUT2D eigenvalue weighted by Crippen LogP contribution is 2.43. The van der Waals surface area contributed by atoms with Gasteiger partial charge in [0, 0.05) is 13.1 Å². The van der Waals surface area contributed by atoms with Gasteiger partial charge >= 0.3 is 0 Å². The Balaban J connectivity index is 1.79. The van der Waals surface area contributed by atoms with Gasteiger partial charge in [-0.3, -0.25) is 4.90 Å². The Morgan fingerprint density at radius 1 is 1.09 bits per heavy atom. The van der Waals surface area contributed by atoms with Crippen LogP contribution in [0.15, 0.2) is 30.3 Å². The normalized spacial score (nSPS) is 27.7. The Labute approximate surface area is 138 Å². The minimum Gasteiger partial charge on any atom is -0.392 e. The van der Waals surface area contributed by atoms with E-state index in [1.54, 1.807) is 0 Å². The Bertz CT molecular complexity index is 489. The van der Waals surface area contributed by atoms with Crippen LogP contribution in [0.3, 0.4) is 0 Å². The van der Waals surface area contributed by atoms with Gasteiger partial charge in [0.05, 0.1) is 12.2 Å². The average molecular weight is 319 g/mol. The molecule has 3 rings (SSSR count). The van der Waals surface area contributed by atoms with Crippen molar-refractivity contribution in [1.29, 1.82) is 0 Å². The van der Waals surface area contributed by atoms with Crippen molar-refractivity contribution >= 4 is 0 Å². The smallest absolute Gasteiger partial charge is 0.119 e. The molecule has 2 fully saturated rings. The fourth-order valence-corrected chi connectivity index (χ4v) is 4.35. The molecule has 1 heterocycles. The van der Waals surface area contributed by atoms with Crippen LogP contribution in [-0.4, -0.2) is 52.1 Å². The molecular formula is C19H29NO3. The van der Waals surface area contributed by atoms with Gasteiger partial charge in [-0.15, -0.1) is 0 Å². The minimum atomic E-state index is -1.19. The fourth-order valence-electron chi connectivity index (χ4n) is 4.35. The number of benzene rings is 1. The lowest BCUT2D eigenvalue weighted by Gasteiger charge is -2.42. The van der Waals surface area contributed by atoms with Crippen molar-refractivity contribution in [2.45, 2.75) is 56.3 Å². The summed E-state index contributed by atoms with van der Waals surface area (Å²) in [5.74, 6) is 0.106. The van der Waals surface area contributed by atoms with Crippen molar-refractivity contribution in [3.05, 3.63) is 35.9 Å². The second kappa shape index (κ2) is 7.31. The first-order chi connectivity index (χ1) is 11.1. The summed E-state index contributed by atoms with van der Waals surface area (Å²) in [4.78, 5) is 2.09. The highest BCUT2D eigenvalue weighted by molar-refractivity contribution is 5.25. The number of hydrogen-bond donors (Lipinski definition) is 3. The molecule has 3 N–H and O–H groups in total. The average Bonchev–Trinajstić information content (AvgIpc) is 3.10. The van der Waals surface area contributed by atoms with Crippen molar-refractivity contribution in [3.63, 3.8) is 0 Å². The first-order valence-corrected chi connectivity index (χ1v) is 8.97. The number of piperidine rings is 1. The van der Waals surface area contributed by atoms with Crippen LogP contribution in [-0.2, 0) is 5.60 Å². The topological polar surface area (TPSA) is 63.9 Å². The van der Waals surface area contributed by atoms with E-state index in [2.05, 4.69) is 4.90 Å². The molecule has 0 aromatic heterocycles. The number of likely N-dealkylation sites (tertiary alicyclic amines) is 1. The third-order valence-electron chi connectivity index (χ3n) is 5.63. The van der Waals surface area contributed by atoms with E-state index in [1.807, 2.05) is 30.3 Å². The van der Waals surface area contributed by atoms with Gasteiger partial charge in [-0.2, -0.15) is 0 Å². The van der Waals surface area contributed by atoms with Gasteiger partial charge in [-0.25, -0.2) is 0 Å². The molecule has 1 saturated heterocycles. The van der Waals surface area contributed by atoms with Crippen LogP contribution in [0.5, 0.6) is 0 Å². The zero-order valence-electron chi connectivity index (χ0n) is 13.8. The van der Waals surface area contributed by atoms with Gasteiger partial charge in [0.15, 0.2) is 0 Å². The number of rotatable bonds is 5. The molecule has 0 amide bonds. The molecular weight excluding hydrogens is 290 g/mol. The lowest BCUT2D eigenvalue weighted by Crippen LogP contribution is -2.52. The van der Waals surface area contributed by atoms with Crippen molar-refractivity contribution < 1.29 is 15.3 Å². The van der Waals surface area contributed by atoms with E-state index in [0.717, 1.165) is 50.6 Å². The van der Waals surface area contributed by atoms with E-state index in [4.69, 9.17) is 0 Å². The summed E-state index contributed by atoms with van der Waals surface area (Å²) in [5.41, 5.74) is -0.378. The van der Waals surface area contributed by atoms with Crippen LogP contribution in [0.2, 0.25) is 0 Å². The summed E-state index contributed by atoms with van der Waals surface area (Å²) in [7, 11) is 0. The molecule has 128 valence electrons. The first kappa shape index (κ1) is 16.9. The quantitative estimate of drug-likeness (QED) is 0.775. The Morgan fingerprint density at radius 2 is 1.78 bits per heavy atom. The highest BCUT2D eigenvalue weighted by atomic mass is 16.3. The summed E-state index contributed by atoms with van der Waals surface area (Å²) >= 11 is 0. The largest absolute Gasteiger partial charge is 0.392 e. The molecule has 1 aromatic carbocycles. The van der Waals surface area contributed by atoms with Gasteiger partial charge in [0.1, 0.15) is 5.60 Å². The molecule has 0 radical (unpaired) electrons. The number of hydrogen-bond acceptors (Lipinski definition) is 4. The van der Waals surface area contributed by atoms with E-state index in [-0.39, 0.29) is 12.0 Å². The van der Waals surface area contributed by atoms with Crippen molar-refractivity contribution in [2.75, 3.05) is 19.6 Å². The van der Waals surface area contributed by atoms with Crippen LogP contribution < -0.4 is 0 Å². The molecule has 2 aliphatic rings. The van der Waals surface area contributed by atoms with Gasteiger partial charge in [0.2, 0.25) is 0 Å². The molecule has 1 aromatic rings. The van der Waals surface area contributed by atoms with Crippen LogP contribution in [0.25, 0.3) is 0 Å². The third-order valence-corrected chi connectivity index (χ3v) is 5.63. The van der Waals surface area contributed by atoms with E-state index >= 15 is 0 Å². The predicted molar refractivity (Wildman–Crippen MR) is 90.0 cm³/mol. The Hall–Kier alpha value is -0.940. The maximum atomic E-state index is 11.5. The first-order valence-electron chi connectivity index (χ1n) is 8.97. The van der Waals surface area contributed by atoms with Gasteiger partial charge in [0.25, 0.3) is 0 Å². The molecule has 23 heavy (non-hydrogen) atoms. The van der Waals surface area contributed by atoms with Crippen molar-refractivity contribution in [1.82, 2.24) is 4.90 Å². The molecule has 3 atom stereocenters. The second-order valence-electron chi connectivity index (χ2n) is 7.24. The van der Waals surface area contributed by atoms with E-state index < -0.39 is 11.7 Å². The monoisotopic (exact) mass is 319 g/mol. The number of aliphatic hydroxyl groups excluding tert-OH is 2. The summed E-state index contributed by atoms with van der Waals surface area (Å²) in [6.07, 6.45) is 4.80. The SMILES string of the molecule is OC1CCCN(CC(O)C(O)(c2ccccc2)C2CCCC2)C1. The van der Waals surface area contributed by atoms with Crippen LogP contribution in [0, 0.1) is 5.92 Å².